The van der Waals surface area contributed by atoms with Gasteiger partial charge in [-0.15, -0.1) is 0 Å². The predicted molar refractivity (Wildman–Crippen MR) is 94.3 cm³/mol. The van der Waals surface area contributed by atoms with Crippen molar-refractivity contribution in [3.05, 3.63) is 0 Å². The summed E-state index contributed by atoms with van der Waals surface area (Å²) in [6.07, 6.45) is 3.18. The lowest BCUT2D eigenvalue weighted by atomic mass is 9.65. The quantitative estimate of drug-likeness (QED) is 0.798. The van der Waals surface area contributed by atoms with Crippen LogP contribution in [0.25, 0.3) is 0 Å². The Morgan fingerprint density at radius 2 is 1.74 bits per heavy atom. The van der Waals surface area contributed by atoms with Crippen LogP contribution >= 0.6 is 0 Å². The molecule has 23 heavy (non-hydrogen) atoms. The van der Waals surface area contributed by atoms with Crippen LogP contribution < -0.4 is 0 Å². The van der Waals surface area contributed by atoms with E-state index in [1.165, 1.54) is 39.1 Å². The van der Waals surface area contributed by atoms with Gasteiger partial charge in [0.25, 0.3) is 0 Å². The summed E-state index contributed by atoms with van der Waals surface area (Å²) in [5.41, 5.74) is 0.866. The van der Waals surface area contributed by atoms with Gasteiger partial charge in [0, 0.05) is 51.7 Å². The second kappa shape index (κ2) is 6.03. The van der Waals surface area contributed by atoms with Crippen molar-refractivity contribution in [3.8, 4) is 0 Å². The Bertz CT molecular complexity index is 446. The fourth-order valence-corrected chi connectivity index (χ4v) is 5.93. The molecular weight excluding hydrogens is 286 g/mol. The zero-order valence-electron chi connectivity index (χ0n) is 15.8. The van der Waals surface area contributed by atoms with E-state index in [-0.39, 0.29) is 0 Å². The Balaban J connectivity index is 1.64. The van der Waals surface area contributed by atoms with Crippen LogP contribution in [0.3, 0.4) is 0 Å². The highest BCUT2D eigenvalue weighted by Gasteiger charge is 2.47. The summed E-state index contributed by atoms with van der Waals surface area (Å²) in [5, 5.41) is 0. The van der Waals surface area contributed by atoms with Crippen LogP contribution in [0.4, 0.5) is 0 Å². The Labute approximate surface area is 142 Å². The molecule has 0 N–H and O–H groups in total. The van der Waals surface area contributed by atoms with Gasteiger partial charge in [-0.3, -0.25) is 4.79 Å². The summed E-state index contributed by atoms with van der Waals surface area (Å²) in [7, 11) is 2.28. The number of nitrogens with zero attached hydrogens (tertiary/aromatic N) is 3. The topological polar surface area (TPSA) is 26.8 Å². The highest BCUT2D eigenvalue weighted by molar-refractivity contribution is 5.77. The standard InChI is InChI=1S/C19H35N3O/c1-15(2)22-9-16(6-7-17(22)23)8-21-13-18(3)10-19(4,14-21)12-20(5)11-18/h15-16H,6-14H2,1-5H3. The van der Waals surface area contributed by atoms with Gasteiger partial charge in [-0.25, -0.2) is 0 Å². The van der Waals surface area contributed by atoms with Crippen molar-refractivity contribution in [2.45, 2.75) is 53.0 Å². The SMILES string of the molecule is CC(C)N1CC(CN2CC3(C)CN(C)CC(C)(C2)C3)CCC1=O. The molecule has 3 atom stereocenters. The molecule has 3 fully saturated rings. The van der Waals surface area contributed by atoms with Gasteiger partial charge in [0.2, 0.25) is 5.91 Å². The lowest BCUT2D eigenvalue weighted by Gasteiger charge is -2.57. The van der Waals surface area contributed by atoms with Crippen molar-refractivity contribution >= 4 is 5.91 Å². The van der Waals surface area contributed by atoms with E-state index in [2.05, 4.69) is 49.4 Å². The summed E-state index contributed by atoms with van der Waals surface area (Å²) in [6.45, 7) is 16.2. The van der Waals surface area contributed by atoms with Crippen molar-refractivity contribution in [1.29, 1.82) is 0 Å². The third-order valence-corrected chi connectivity index (χ3v) is 6.05. The molecule has 3 aliphatic heterocycles. The van der Waals surface area contributed by atoms with Crippen LogP contribution in [0.5, 0.6) is 0 Å². The van der Waals surface area contributed by atoms with E-state index in [0.29, 0.717) is 28.7 Å². The van der Waals surface area contributed by atoms with Crippen molar-refractivity contribution in [1.82, 2.24) is 14.7 Å². The van der Waals surface area contributed by atoms with Crippen LogP contribution in [0, 0.1) is 16.7 Å². The fourth-order valence-electron chi connectivity index (χ4n) is 5.93. The maximum atomic E-state index is 12.1. The molecule has 0 saturated carbocycles. The minimum Gasteiger partial charge on any atom is -0.340 e. The van der Waals surface area contributed by atoms with E-state index in [0.717, 1.165) is 19.4 Å². The van der Waals surface area contributed by atoms with E-state index >= 15 is 0 Å². The third-order valence-electron chi connectivity index (χ3n) is 6.05. The van der Waals surface area contributed by atoms with Gasteiger partial charge < -0.3 is 14.7 Å². The summed E-state index contributed by atoms with van der Waals surface area (Å²) < 4.78 is 0. The van der Waals surface area contributed by atoms with Crippen LogP contribution in [0.15, 0.2) is 0 Å². The Morgan fingerprint density at radius 3 is 2.30 bits per heavy atom. The Hall–Kier alpha value is -0.610. The van der Waals surface area contributed by atoms with Gasteiger partial charge in [-0.1, -0.05) is 13.8 Å². The fraction of sp³-hybridized carbons (Fsp3) is 0.947. The number of rotatable bonds is 3. The maximum absolute atomic E-state index is 12.1. The minimum atomic E-state index is 0.342. The van der Waals surface area contributed by atoms with Crippen LogP contribution in [0.1, 0.15) is 47.0 Å². The zero-order valence-corrected chi connectivity index (χ0v) is 15.8. The molecule has 4 nitrogen and oxygen atoms in total. The number of likely N-dealkylation sites (tertiary alicyclic amines) is 3. The number of carbonyl (C=O) groups is 1. The molecule has 3 heterocycles. The lowest BCUT2D eigenvalue weighted by Crippen LogP contribution is -2.62. The number of hydrogen-bond donors (Lipinski definition) is 0. The average molecular weight is 322 g/mol. The van der Waals surface area contributed by atoms with Gasteiger partial charge >= 0.3 is 0 Å². The molecule has 132 valence electrons. The number of amides is 1. The Kier molecular flexibility index (Phi) is 4.52. The first kappa shape index (κ1) is 17.2. The molecule has 1 amide bonds. The van der Waals surface area contributed by atoms with Gasteiger partial charge in [0.15, 0.2) is 0 Å². The van der Waals surface area contributed by atoms with Crippen molar-refractivity contribution in [2.75, 3.05) is 46.3 Å². The molecule has 0 spiro atoms. The molecule has 3 rings (SSSR count). The highest BCUT2D eigenvalue weighted by Crippen LogP contribution is 2.45. The summed E-state index contributed by atoms with van der Waals surface area (Å²) in [4.78, 5) is 19.4. The van der Waals surface area contributed by atoms with E-state index in [1.807, 2.05) is 0 Å². The van der Waals surface area contributed by atoms with Crippen molar-refractivity contribution < 1.29 is 4.79 Å². The second-order valence-corrected chi connectivity index (χ2v) is 9.68. The largest absolute Gasteiger partial charge is 0.340 e. The van der Waals surface area contributed by atoms with Crippen molar-refractivity contribution in [2.24, 2.45) is 16.7 Å². The molecular formula is C19H35N3O. The van der Waals surface area contributed by atoms with Crippen LogP contribution in [0.2, 0.25) is 0 Å². The predicted octanol–water partition coefficient (Wildman–Crippen LogP) is 2.30. The molecule has 0 aliphatic carbocycles. The minimum absolute atomic E-state index is 0.342. The molecule has 2 bridgehead atoms. The second-order valence-electron chi connectivity index (χ2n) is 9.68. The number of hydrogen-bond acceptors (Lipinski definition) is 3. The monoisotopic (exact) mass is 321 g/mol. The zero-order chi connectivity index (χ0) is 16.8. The van der Waals surface area contributed by atoms with E-state index in [9.17, 15) is 4.79 Å². The van der Waals surface area contributed by atoms with Gasteiger partial charge in [0.1, 0.15) is 0 Å². The normalized spacial score (nSPS) is 40.0. The maximum Gasteiger partial charge on any atom is 0.222 e. The average Bonchev–Trinajstić information content (AvgIpc) is 2.36. The van der Waals surface area contributed by atoms with Gasteiger partial charge in [0.05, 0.1) is 0 Å². The van der Waals surface area contributed by atoms with Gasteiger partial charge in [-0.2, -0.15) is 0 Å². The summed E-state index contributed by atoms with van der Waals surface area (Å²) in [6, 6.07) is 0.342. The van der Waals surface area contributed by atoms with Crippen LogP contribution in [-0.4, -0.2) is 73.0 Å². The smallest absolute Gasteiger partial charge is 0.222 e. The highest BCUT2D eigenvalue weighted by atomic mass is 16.2. The first-order valence-electron chi connectivity index (χ1n) is 9.38. The molecule has 3 unspecified atom stereocenters. The van der Waals surface area contributed by atoms with E-state index in [4.69, 9.17) is 0 Å². The summed E-state index contributed by atoms with van der Waals surface area (Å²) >= 11 is 0. The number of piperidine rings is 3. The number of fused-ring (bicyclic) bond motifs is 2. The first-order valence-corrected chi connectivity index (χ1v) is 9.38. The first-order chi connectivity index (χ1) is 10.7. The van der Waals surface area contributed by atoms with Gasteiger partial charge in [-0.05, 0) is 50.5 Å². The molecule has 0 aromatic heterocycles. The lowest BCUT2D eigenvalue weighted by molar-refractivity contribution is -0.137. The van der Waals surface area contributed by atoms with Crippen molar-refractivity contribution in [3.63, 3.8) is 0 Å². The molecule has 0 radical (unpaired) electrons. The van der Waals surface area contributed by atoms with Crippen LogP contribution in [-0.2, 0) is 4.79 Å². The molecule has 0 aromatic rings. The molecule has 0 aromatic carbocycles. The molecule has 3 saturated heterocycles. The van der Waals surface area contributed by atoms with E-state index < -0.39 is 0 Å². The Morgan fingerprint density at radius 1 is 1.13 bits per heavy atom. The summed E-state index contributed by atoms with van der Waals surface area (Å²) in [5.74, 6) is 1.01. The molecule has 3 aliphatic rings. The molecule has 4 heteroatoms. The third kappa shape index (κ3) is 3.74. The number of carbonyl (C=O) groups excluding carboxylic acids is 1. The van der Waals surface area contributed by atoms with E-state index in [1.54, 1.807) is 0 Å².